The quantitative estimate of drug-likeness (QED) is 0.491. The predicted octanol–water partition coefficient (Wildman–Crippen LogP) is 3.97. The summed E-state index contributed by atoms with van der Waals surface area (Å²) < 4.78 is 33.9. The zero-order valence-corrected chi connectivity index (χ0v) is 23.6. The summed E-state index contributed by atoms with van der Waals surface area (Å²) in [5.41, 5.74) is 6.11. The van der Waals surface area contributed by atoms with Crippen molar-refractivity contribution in [3.05, 3.63) is 76.2 Å². The van der Waals surface area contributed by atoms with Crippen molar-refractivity contribution in [2.45, 2.75) is 45.4 Å². The van der Waals surface area contributed by atoms with Crippen molar-refractivity contribution >= 4 is 21.6 Å². The van der Waals surface area contributed by atoms with Crippen molar-refractivity contribution in [1.29, 1.82) is 0 Å². The van der Waals surface area contributed by atoms with Gasteiger partial charge in [-0.1, -0.05) is 47.1 Å². The van der Waals surface area contributed by atoms with Gasteiger partial charge in [0.15, 0.2) is 5.76 Å². The summed E-state index contributed by atoms with van der Waals surface area (Å²) in [6.45, 7) is 12.6. The van der Waals surface area contributed by atoms with Crippen LogP contribution in [-0.2, 0) is 14.8 Å². The molecule has 5 rings (SSSR count). The van der Waals surface area contributed by atoms with Crippen LogP contribution in [0.25, 0.3) is 0 Å². The Balaban J connectivity index is 1.39. The molecule has 0 N–H and O–H groups in total. The highest BCUT2D eigenvalue weighted by Crippen LogP contribution is 2.38. The molecule has 202 valence electrons. The number of carbonyl (C=O) groups is 1. The summed E-state index contributed by atoms with van der Waals surface area (Å²) in [4.78, 5) is 18.3. The first kappa shape index (κ1) is 26.4. The number of hydrogen-bond donors (Lipinski definition) is 0. The summed E-state index contributed by atoms with van der Waals surface area (Å²) in [7, 11) is -3.86. The molecule has 0 radical (unpaired) electrons. The largest absolute Gasteiger partial charge is 0.368 e. The third-order valence-corrected chi connectivity index (χ3v) is 10.0. The van der Waals surface area contributed by atoms with Gasteiger partial charge in [-0.3, -0.25) is 4.79 Å². The lowest BCUT2D eigenvalue weighted by atomic mass is 9.87. The number of rotatable bonds is 5. The summed E-state index contributed by atoms with van der Waals surface area (Å²) >= 11 is 0. The Morgan fingerprint density at radius 2 is 1.55 bits per heavy atom. The number of sulfonamides is 1. The number of aryl methyl sites for hydroxylation is 5. The molecule has 2 saturated heterocycles. The van der Waals surface area contributed by atoms with Crippen LogP contribution in [0.2, 0.25) is 0 Å². The van der Waals surface area contributed by atoms with E-state index in [9.17, 15) is 13.2 Å². The minimum Gasteiger partial charge on any atom is -0.368 e. The van der Waals surface area contributed by atoms with Gasteiger partial charge in [-0.25, -0.2) is 8.42 Å². The third-order valence-electron chi connectivity index (χ3n) is 7.97. The minimum absolute atomic E-state index is 0.0210. The molecule has 2 fully saturated rings. The molecule has 3 heterocycles. The van der Waals surface area contributed by atoms with E-state index in [1.165, 1.54) is 21.1 Å². The van der Waals surface area contributed by atoms with E-state index in [0.717, 1.165) is 24.2 Å². The van der Waals surface area contributed by atoms with E-state index in [1.807, 2.05) is 36.1 Å². The highest BCUT2D eigenvalue weighted by atomic mass is 32.2. The van der Waals surface area contributed by atoms with Gasteiger partial charge in [-0.15, -0.1) is 0 Å². The summed E-state index contributed by atoms with van der Waals surface area (Å²) in [5.74, 6) is -0.394. The first-order valence-corrected chi connectivity index (χ1v) is 14.6. The second-order valence-corrected chi connectivity index (χ2v) is 12.6. The molecule has 0 aliphatic carbocycles. The summed E-state index contributed by atoms with van der Waals surface area (Å²) in [6, 6.07) is 14.5. The summed E-state index contributed by atoms with van der Waals surface area (Å²) in [5, 5.41) is 3.85. The van der Waals surface area contributed by atoms with E-state index in [2.05, 4.69) is 42.1 Å². The first-order valence-electron chi connectivity index (χ1n) is 13.2. The molecule has 2 aliphatic heterocycles. The Kier molecular flexibility index (Phi) is 7.09. The van der Waals surface area contributed by atoms with Crippen molar-refractivity contribution in [2.75, 3.05) is 44.2 Å². The molecule has 1 amide bonds. The standard InChI is InChI=1S/C29H36N4O4S/c1-19-7-10-24(11-8-19)25-17-33(38(35,36)28-22(4)30-37-23(28)5)18-26(25)29(34)32-14-12-31(13-15-32)27-16-20(2)6-9-21(27)3/h6-11,16,25-26H,12-15,17-18H2,1-5H3/t25?,26-/m1/s1. The van der Waals surface area contributed by atoms with E-state index >= 15 is 0 Å². The van der Waals surface area contributed by atoms with Crippen LogP contribution in [0.5, 0.6) is 0 Å². The number of piperazine rings is 1. The van der Waals surface area contributed by atoms with Gasteiger partial charge in [0.2, 0.25) is 15.9 Å². The summed E-state index contributed by atoms with van der Waals surface area (Å²) in [6.07, 6.45) is 0. The SMILES string of the molecule is Cc1ccc(C2CN(S(=O)(=O)c3c(C)noc3C)C[C@H]2C(=O)N2CCN(c3cc(C)ccc3C)CC2)cc1. The van der Waals surface area contributed by atoms with Gasteiger partial charge >= 0.3 is 0 Å². The Hall–Kier alpha value is -3.17. The molecule has 0 spiro atoms. The Labute approximate surface area is 225 Å². The Bertz CT molecular complexity index is 1420. The van der Waals surface area contributed by atoms with Crippen molar-refractivity contribution in [1.82, 2.24) is 14.4 Å². The van der Waals surface area contributed by atoms with Crippen LogP contribution < -0.4 is 4.90 Å². The minimum atomic E-state index is -3.86. The van der Waals surface area contributed by atoms with Crippen molar-refractivity contribution in [3.8, 4) is 0 Å². The second kappa shape index (κ2) is 10.2. The van der Waals surface area contributed by atoms with E-state index in [1.54, 1.807) is 13.8 Å². The number of amides is 1. The molecule has 2 aromatic carbocycles. The van der Waals surface area contributed by atoms with Crippen LogP contribution in [0.15, 0.2) is 51.9 Å². The van der Waals surface area contributed by atoms with Gasteiger partial charge < -0.3 is 14.3 Å². The molecule has 9 heteroatoms. The maximum atomic E-state index is 14.0. The molecule has 1 unspecified atom stereocenters. The lowest BCUT2D eigenvalue weighted by Gasteiger charge is -2.38. The van der Waals surface area contributed by atoms with E-state index in [-0.39, 0.29) is 35.6 Å². The number of hydrogen-bond acceptors (Lipinski definition) is 6. The maximum Gasteiger partial charge on any atom is 0.248 e. The van der Waals surface area contributed by atoms with Crippen LogP contribution in [0.1, 0.15) is 39.6 Å². The lowest BCUT2D eigenvalue weighted by Crippen LogP contribution is -2.51. The van der Waals surface area contributed by atoms with Crippen LogP contribution in [-0.4, -0.2) is 68.0 Å². The molecule has 0 bridgehead atoms. The van der Waals surface area contributed by atoms with E-state index < -0.39 is 15.9 Å². The number of anilines is 1. The zero-order chi connectivity index (χ0) is 27.2. The molecule has 8 nitrogen and oxygen atoms in total. The van der Waals surface area contributed by atoms with E-state index in [0.29, 0.717) is 18.8 Å². The Morgan fingerprint density at radius 1 is 0.895 bits per heavy atom. The average Bonchev–Trinajstić information content (AvgIpc) is 3.50. The molecule has 2 aliphatic rings. The lowest BCUT2D eigenvalue weighted by molar-refractivity contribution is -0.135. The Morgan fingerprint density at radius 3 is 2.18 bits per heavy atom. The van der Waals surface area contributed by atoms with Crippen LogP contribution in [0.3, 0.4) is 0 Å². The highest BCUT2D eigenvalue weighted by Gasteiger charge is 2.46. The van der Waals surface area contributed by atoms with Crippen molar-refractivity contribution < 1.29 is 17.7 Å². The fraction of sp³-hybridized carbons (Fsp3) is 0.448. The molecule has 2 atom stereocenters. The molecular weight excluding hydrogens is 500 g/mol. The monoisotopic (exact) mass is 536 g/mol. The maximum absolute atomic E-state index is 14.0. The normalized spacial score (nSPS) is 20.8. The van der Waals surface area contributed by atoms with Crippen LogP contribution in [0.4, 0.5) is 5.69 Å². The van der Waals surface area contributed by atoms with Gasteiger partial charge in [0, 0.05) is 50.9 Å². The van der Waals surface area contributed by atoms with Crippen molar-refractivity contribution in [2.24, 2.45) is 5.92 Å². The van der Waals surface area contributed by atoms with Crippen LogP contribution >= 0.6 is 0 Å². The fourth-order valence-electron chi connectivity index (χ4n) is 5.80. The van der Waals surface area contributed by atoms with Gasteiger partial charge in [0.05, 0.1) is 5.92 Å². The van der Waals surface area contributed by atoms with E-state index in [4.69, 9.17) is 4.52 Å². The average molecular weight is 537 g/mol. The molecular formula is C29H36N4O4S. The number of benzene rings is 2. The number of nitrogens with zero attached hydrogens (tertiary/aromatic N) is 4. The number of carbonyl (C=O) groups excluding carboxylic acids is 1. The molecule has 3 aromatic rings. The third kappa shape index (κ3) is 4.85. The second-order valence-electron chi connectivity index (χ2n) is 10.7. The highest BCUT2D eigenvalue weighted by molar-refractivity contribution is 7.89. The zero-order valence-electron chi connectivity index (χ0n) is 22.8. The molecule has 1 aromatic heterocycles. The van der Waals surface area contributed by atoms with Gasteiger partial charge in [-0.05, 0) is 57.4 Å². The first-order chi connectivity index (χ1) is 18.1. The van der Waals surface area contributed by atoms with Crippen molar-refractivity contribution in [3.63, 3.8) is 0 Å². The molecule has 0 saturated carbocycles. The number of aromatic nitrogens is 1. The predicted molar refractivity (Wildman–Crippen MR) is 147 cm³/mol. The fourth-order valence-corrected chi connectivity index (χ4v) is 7.58. The molecule has 38 heavy (non-hydrogen) atoms. The van der Waals surface area contributed by atoms with Gasteiger partial charge in [-0.2, -0.15) is 4.31 Å². The topological polar surface area (TPSA) is 87.0 Å². The smallest absolute Gasteiger partial charge is 0.248 e. The van der Waals surface area contributed by atoms with Gasteiger partial charge in [0.1, 0.15) is 10.6 Å². The van der Waals surface area contributed by atoms with Gasteiger partial charge in [0.25, 0.3) is 0 Å². The van der Waals surface area contributed by atoms with Crippen LogP contribution in [0, 0.1) is 40.5 Å².